The first-order chi connectivity index (χ1) is 18.8. The van der Waals surface area contributed by atoms with E-state index >= 15 is 0 Å². The van der Waals surface area contributed by atoms with Crippen LogP contribution in [-0.2, 0) is 22.2 Å². The molecule has 0 aliphatic heterocycles. The van der Waals surface area contributed by atoms with Gasteiger partial charge in [-0.15, -0.1) is 10.2 Å². The summed E-state index contributed by atoms with van der Waals surface area (Å²) >= 11 is 0. The number of carboxylic acid groups (broad SMARTS) is 1. The number of amides is 2. The second-order valence-corrected chi connectivity index (χ2v) is 9.96. The number of H-pyrrole nitrogens is 1. The van der Waals surface area contributed by atoms with Crippen LogP contribution in [0.5, 0.6) is 0 Å². The molecule has 14 heteroatoms. The maximum Gasteiger partial charge on any atom is 0.416 e. The zero-order valence-electron chi connectivity index (χ0n) is 22.5. The first-order valence-corrected chi connectivity index (χ1v) is 12.6. The summed E-state index contributed by atoms with van der Waals surface area (Å²) in [6, 6.07) is 3.42. The van der Waals surface area contributed by atoms with Gasteiger partial charge >= 0.3 is 12.3 Å². The van der Waals surface area contributed by atoms with E-state index in [9.17, 15) is 32.7 Å². The Hall–Kier alpha value is -4.23. The Morgan fingerprint density at radius 1 is 1.10 bits per heavy atom. The van der Waals surface area contributed by atoms with Crippen LogP contribution < -0.4 is 5.32 Å². The lowest BCUT2D eigenvalue weighted by Gasteiger charge is -2.42. The molecule has 216 valence electrons. The summed E-state index contributed by atoms with van der Waals surface area (Å²) in [6.07, 6.45) is -3.31. The molecule has 3 aromatic rings. The maximum absolute atomic E-state index is 13.5. The molecule has 3 rings (SSSR count). The van der Waals surface area contributed by atoms with E-state index in [0.717, 1.165) is 17.0 Å². The summed E-state index contributed by atoms with van der Waals surface area (Å²) in [5.41, 5.74) is -1.51. The van der Waals surface area contributed by atoms with Crippen molar-refractivity contribution in [1.29, 1.82) is 0 Å². The number of hydrogen-bond acceptors (Lipinski definition) is 7. The van der Waals surface area contributed by atoms with Crippen LogP contribution in [0.15, 0.2) is 40.9 Å². The molecule has 0 spiro atoms. The third-order valence-electron chi connectivity index (χ3n) is 6.56. The van der Waals surface area contributed by atoms with Crippen LogP contribution in [0.3, 0.4) is 0 Å². The number of anilines is 1. The highest BCUT2D eigenvalue weighted by Gasteiger charge is 2.46. The molecular weight excluding hydrogens is 533 g/mol. The summed E-state index contributed by atoms with van der Waals surface area (Å²) < 4.78 is 44.3. The molecule has 0 saturated heterocycles. The van der Waals surface area contributed by atoms with Crippen molar-refractivity contribution < 1.29 is 37.1 Å². The van der Waals surface area contributed by atoms with Crippen molar-refractivity contribution in [3.8, 4) is 11.5 Å². The number of benzene rings is 1. The van der Waals surface area contributed by atoms with Gasteiger partial charge in [0.05, 0.1) is 11.8 Å². The van der Waals surface area contributed by atoms with Gasteiger partial charge in [0.2, 0.25) is 17.6 Å². The van der Waals surface area contributed by atoms with Crippen LogP contribution in [-0.4, -0.2) is 60.3 Å². The molecule has 2 atom stereocenters. The minimum atomic E-state index is -4.50. The van der Waals surface area contributed by atoms with Gasteiger partial charge in [-0.3, -0.25) is 19.6 Å². The van der Waals surface area contributed by atoms with E-state index in [1.807, 2.05) is 6.92 Å². The fourth-order valence-electron chi connectivity index (χ4n) is 4.65. The van der Waals surface area contributed by atoms with Gasteiger partial charge in [-0.1, -0.05) is 34.1 Å². The summed E-state index contributed by atoms with van der Waals surface area (Å²) in [7, 11) is 0. The number of carbonyl (C=O) groups is 3. The van der Waals surface area contributed by atoms with E-state index in [1.54, 1.807) is 20.8 Å². The number of aromatic nitrogens is 4. The fraction of sp³-hybridized carbons (Fsp3) is 0.462. The molecule has 0 aliphatic rings. The highest BCUT2D eigenvalue weighted by molar-refractivity contribution is 6.42. The van der Waals surface area contributed by atoms with E-state index in [2.05, 4.69) is 25.7 Å². The van der Waals surface area contributed by atoms with Crippen LogP contribution in [0.4, 0.5) is 23.8 Å². The molecule has 0 bridgehead atoms. The number of carbonyl (C=O) groups excluding carboxylic acids is 2. The van der Waals surface area contributed by atoms with Crippen molar-refractivity contribution in [2.24, 2.45) is 5.41 Å². The van der Waals surface area contributed by atoms with Gasteiger partial charge in [0, 0.05) is 24.1 Å². The molecule has 2 amide bonds. The van der Waals surface area contributed by atoms with Gasteiger partial charge in [0.15, 0.2) is 0 Å². The Bertz CT molecular complexity index is 1310. The zero-order valence-corrected chi connectivity index (χ0v) is 22.5. The van der Waals surface area contributed by atoms with Crippen molar-refractivity contribution in [1.82, 2.24) is 25.3 Å². The van der Waals surface area contributed by atoms with Crippen molar-refractivity contribution in [2.75, 3.05) is 5.32 Å². The Morgan fingerprint density at radius 2 is 1.77 bits per heavy atom. The quantitative estimate of drug-likeness (QED) is 0.254. The smallest absolute Gasteiger partial charge is 0.416 e. The number of rotatable bonds is 12. The first-order valence-electron chi connectivity index (χ1n) is 12.6. The minimum absolute atomic E-state index is 0.0226. The van der Waals surface area contributed by atoms with Crippen LogP contribution in [0.2, 0.25) is 0 Å². The van der Waals surface area contributed by atoms with E-state index in [4.69, 9.17) is 4.42 Å². The SMILES string of the molecule is CCCC(C)(C)[C@@H](C(=O)C(=O)Nc1ccn[nH]1)N(C(=O)O)[C@H](CC)Cc1nnc(-c2ccc(C(F)(F)F)cc2)o1. The maximum atomic E-state index is 13.5. The predicted molar refractivity (Wildman–Crippen MR) is 137 cm³/mol. The Labute approximate surface area is 228 Å². The second-order valence-electron chi connectivity index (χ2n) is 9.96. The Balaban J connectivity index is 1.90. The van der Waals surface area contributed by atoms with Crippen LogP contribution in [0.25, 0.3) is 11.5 Å². The number of halogens is 3. The molecule has 0 saturated carbocycles. The molecule has 11 nitrogen and oxygen atoms in total. The summed E-state index contributed by atoms with van der Waals surface area (Å²) in [5, 5.41) is 26.8. The molecule has 0 aliphatic carbocycles. The number of ketones is 1. The normalized spacial score (nSPS) is 13.5. The molecule has 0 unspecified atom stereocenters. The number of alkyl halides is 3. The lowest BCUT2D eigenvalue weighted by Crippen LogP contribution is -2.59. The van der Waals surface area contributed by atoms with E-state index < -0.39 is 47.0 Å². The molecule has 0 radical (unpaired) electrons. The van der Waals surface area contributed by atoms with E-state index in [0.29, 0.717) is 12.8 Å². The molecule has 2 heterocycles. The lowest BCUT2D eigenvalue weighted by atomic mass is 9.76. The van der Waals surface area contributed by atoms with Gasteiger partial charge in [-0.05, 0) is 42.5 Å². The fourth-order valence-corrected chi connectivity index (χ4v) is 4.65. The Kier molecular flexibility index (Phi) is 9.32. The molecule has 2 aromatic heterocycles. The van der Waals surface area contributed by atoms with Gasteiger partial charge in [0.1, 0.15) is 11.9 Å². The predicted octanol–water partition coefficient (Wildman–Crippen LogP) is 5.18. The van der Waals surface area contributed by atoms with E-state index in [-0.39, 0.29) is 36.0 Å². The first kappa shape index (κ1) is 30.3. The van der Waals surface area contributed by atoms with Gasteiger partial charge in [0.25, 0.3) is 5.91 Å². The largest absolute Gasteiger partial charge is 0.465 e. The third-order valence-corrected chi connectivity index (χ3v) is 6.56. The zero-order chi connectivity index (χ0) is 29.7. The second kappa shape index (κ2) is 12.3. The Morgan fingerprint density at radius 3 is 2.30 bits per heavy atom. The third kappa shape index (κ3) is 7.04. The lowest BCUT2D eigenvalue weighted by molar-refractivity contribution is -0.141. The van der Waals surface area contributed by atoms with Crippen LogP contribution >= 0.6 is 0 Å². The van der Waals surface area contributed by atoms with E-state index in [1.165, 1.54) is 24.4 Å². The summed E-state index contributed by atoms with van der Waals surface area (Å²) in [4.78, 5) is 40.0. The molecular formula is C26H31F3N6O5. The number of aromatic amines is 1. The van der Waals surface area contributed by atoms with Crippen LogP contribution in [0, 0.1) is 5.41 Å². The molecule has 0 fully saturated rings. The van der Waals surface area contributed by atoms with Crippen molar-refractivity contribution >= 4 is 23.6 Å². The number of hydrogen-bond donors (Lipinski definition) is 3. The minimum Gasteiger partial charge on any atom is -0.465 e. The van der Waals surface area contributed by atoms with Crippen molar-refractivity contribution in [3.63, 3.8) is 0 Å². The topological polar surface area (TPSA) is 154 Å². The van der Waals surface area contributed by atoms with Crippen LogP contribution in [0.1, 0.15) is 58.4 Å². The molecule has 3 N–H and O–H groups in total. The average molecular weight is 565 g/mol. The van der Waals surface area contributed by atoms with Crippen molar-refractivity contribution in [3.05, 3.63) is 48.0 Å². The van der Waals surface area contributed by atoms with Gasteiger partial charge in [-0.2, -0.15) is 18.3 Å². The van der Waals surface area contributed by atoms with Gasteiger partial charge < -0.3 is 14.8 Å². The average Bonchev–Trinajstić information content (AvgIpc) is 3.57. The molecule has 40 heavy (non-hydrogen) atoms. The standard InChI is InChI=1S/C26H31F3N6O5/c1-5-12-25(3,4)21(20(36)22(37)31-18-11-13-30-32-18)35(24(38)39)17(6-2)14-19-33-34-23(40-19)15-7-9-16(10-8-15)26(27,28)29/h7-11,13,17,21H,5-6,12,14H2,1-4H3,(H,38,39)(H2,30,31,32,37)/t17-,21-/m1/s1. The summed E-state index contributed by atoms with van der Waals surface area (Å²) in [5.74, 6) is -1.78. The van der Waals surface area contributed by atoms with Gasteiger partial charge in [-0.25, -0.2) is 4.79 Å². The number of nitrogens with one attached hydrogen (secondary N) is 2. The number of Topliss-reactive ketones (excluding diaryl/α,β-unsaturated/α-hetero) is 1. The monoisotopic (exact) mass is 564 g/mol. The molecule has 1 aromatic carbocycles. The number of nitrogens with zero attached hydrogens (tertiary/aromatic N) is 4. The van der Waals surface area contributed by atoms with Crippen molar-refractivity contribution in [2.45, 2.75) is 71.6 Å². The summed E-state index contributed by atoms with van der Waals surface area (Å²) in [6.45, 7) is 7.05. The highest BCUT2D eigenvalue weighted by Crippen LogP contribution is 2.35. The highest BCUT2D eigenvalue weighted by atomic mass is 19.4.